The number of hydrogen-bond donors (Lipinski definition) is 3. The number of carbonyl (C=O) groups excluding carboxylic acids is 4. The number of benzene rings is 3. The SMILES string of the molecule is O=C1COc2cc(C(=O)N3CC[C@H]4OCc5cccc(c5)Oc5cc(OCC6CC6)cc(c5)C(=O)NCCC(=O)N[C@H]4C3)ccc2N1. The average Bonchev–Trinajstić information content (AvgIpc) is 3.91. The molecule has 0 spiro atoms. The van der Waals surface area contributed by atoms with Gasteiger partial charge in [-0.05, 0) is 73.2 Å². The average molecular weight is 641 g/mol. The maximum atomic E-state index is 13.6. The summed E-state index contributed by atoms with van der Waals surface area (Å²) >= 11 is 0. The van der Waals surface area contributed by atoms with Gasteiger partial charge in [0.1, 0.15) is 23.0 Å². The second-order valence-corrected chi connectivity index (χ2v) is 12.3. The zero-order chi connectivity index (χ0) is 32.3. The Morgan fingerprint density at radius 3 is 2.70 bits per heavy atom. The summed E-state index contributed by atoms with van der Waals surface area (Å²) in [4.78, 5) is 53.2. The van der Waals surface area contributed by atoms with Crippen LogP contribution in [0.1, 0.15) is 52.0 Å². The molecule has 3 aromatic rings. The second kappa shape index (κ2) is 13.3. The van der Waals surface area contributed by atoms with Crippen LogP contribution < -0.4 is 30.2 Å². The summed E-state index contributed by atoms with van der Waals surface area (Å²) in [6.45, 7) is 1.51. The number of piperidine rings is 1. The van der Waals surface area contributed by atoms with Crippen LogP contribution >= 0.6 is 0 Å². The van der Waals surface area contributed by atoms with Crippen molar-refractivity contribution in [1.29, 1.82) is 0 Å². The van der Waals surface area contributed by atoms with E-state index in [1.165, 1.54) is 0 Å². The molecular formula is C35H36N4O8. The molecule has 12 heteroatoms. The van der Waals surface area contributed by atoms with Gasteiger partial charge in [-0.25, -0.2) is 0 Å². The quantitative estimate of drug-likeness (QED) is 0.392. The monoisotopic (exact) mass is 640 g/mol. The first kappa shape index (κ1) is 30.5. The molecular weight excluding hydrogens is 604 g/mol. The van der Waals surface area contributed by atoms with E-state index in [1.807, 2.05) is 24.3 Å². The number of nitrogens with zero attached hydrogens (tertiary/aromatic N) is 1. The summed E-state index contributed by atoms with van der Waals surface area (Å²) in [6, 6.07) is 17.1. The lowest BCUT2D eigenvalue weighted by Crippen LogP contribution is -2.57. The van der Waals surface area contributed by atoms with Crippen LogP contribution in [0.25, 0.3) is 0 Å². The molecule has 47 heavy (non-hydrogen) atoms. The molecule has 1 saturated carbocycles. The van der Waals surface area contributed by atoms with Crippen LogP contribution in [0.3, 0.4) is 0 Å². The predicted octanol–water partition coefficient (Wildman–Crippen LogP) is 3.65. The summed E-state index contributed by atoms with van der Waals surface area (Å²) in [7, 11) is 0. The third kappa shape index (κ3) is 7.49. The van der Waals surface area contributed by atoms with Crippen molar-refractivity contribution in [1.82, 2.24) is 15.5 Å². The second-order valence-electron chi connectivity index (χ2n) is 12.3. The highest BCUT2D eigenvalue weighted by atomic mass is 16.5. The van der Waals surface area contributed by atoms with E-state index in [-0.39, 0.29) is 62.5 Å². The molecule has 3 N–H and O–H groups in total. The first-order chi connectivity index (χ1) is 22.9. The van der Waals surface area contributed by atoms with Crippen LogP contribution in [0.5, 0.6) is 23.0 Å². The number of anilines is 1. The molecule has 0 aromatic heterocycles. The van der Waals surface area contributed by atoms with Gasteiger partial charge < -0.3 is 39.8 Å². The third-order valence-corrected chi connectivity index (χ3v) is 8.61. The van der Waals surface area contributed by atoms with E-state index in [4.69, 9.17) is 18.9 Å². The zero-order valence-electron chi connectivity index (χ0n) is 25.8. The summed E-state index contributed by atoms with van der Waals surface area (Å²) in [5, 5.41) is 8.61. The Morgan fingerprint density at radius 1 is 0.936 bits per heavy atom. The first-order valence-corrected chi connectivity index (χ1v) is 16.0. The van der Waals surface area contributed by atoms with Gasteiger partial charge in [0.25, 0.3) is 17.7 Å². The summed E-state index contributed by atoms with van der Waals surface area (Å²) in [5.41, 5.74) is 2.17. The molecule has 3 aromatic carbocycles. The number of ether oxygens (including phenoxy) is 4. The fraction of sp³-hybridized carbons (Fsp3) is 0.371. The summed E-state index contributed by atoms with van der Waals surface area (Å²) in [5.74, 6) is 1.49. The van der Waals surface area contributed by atoms with E-state index < -0.39 is 6.04 Å². The predicted molar refractivity (Wildman–Crippen MR) is 170 cm³/mol. The minimum atomic E-state index is -0.486. The van der Waals surface area contributed by atoms with Gasteiger partial charge in [0.15, 0.2) is 6.61 Å². The lowest BCUT2D eigenvalue weighted by Gasteiger charge is -2.39. The van der Waals surface area contributed by atoms with Crippen molar-refractivity contribution < 1.29 is 38.1 Å². The Hall–Kier alpha value is -5.10. The molecule has 244 valence electrons. The Morgan fingerprint density at radius 2 is 1.83 bits per heavy atom. The number of fused-ring (bicyclic) bond motifs is 6. The molecule has 4 aliphatic rings. The molecule has 2 fully saturated rings. The Labute approximate surface area is 271 Å². The highest BCUT2D eigenvalue weighted by Crippen LogP contribution is 2.33. The molecule has 12 nitrogen and oxygen atoms in total. The normalized spacial score (nSPS) is 21.4. The molecule has 1 aliphatic carbocycles. The van der Waals surface area contributed by atoms with E-state index in [0.717, 1.165) is 18.4 Å². The van der Waals surface area contributed by atoms with Gasteiger partial charge in [0.2, 0.25) is 5.91 Å². The van der Waals surface area contributed by atoms with E-state index in [9.17, 15) is 19.2 Å². The smallest absolute Gasteiger partial charge is 0.262 e. The Kier molecular flexibility index (Phi) is 8.66. The lowest BCUT2D eigenvalue weighted by atomic mass is 10.00. The van der Waals surface area contributed by atoms with Gasteiger partial charge in [-0.3, -0.25) is 19.2 Å². The van der Waals surface area contributed by atoms with Crippen molar-refractivity contribution in [3.05, 3.63) is 77.4 Å². The fourth-order valence-electron chi connectivity index (χ4n) is 5.90. The van der Waals surface area contributed by atoms with E-state index in [2.05, 4.69) is 16.0 Å². The molecule has 3 heterocycles. The van der Waals surface area contributed by atoms with Gasteiger partial charge in [-0.1, -0.05) is 12.1 Å². The van der Waals surface area contributed by atoms with Crippen molar-refractivity contribution in [2.45, 2.75) is 44.4 Å². The number of likely N-dealkylation sites (tertiary alicyclic amines) is 1. The topological polar surface area (TPSA) is 145 Å². The van der Waals surface area contributed by atoms with E-state index >= 15 is 0 Å². The Bertz CT molecular complexity index is 1710. The van der Waals surface area contributed by atoms with E-state index in [0.29, 0.717) is 65.3 Å². The van der Waals surface area contributed by atoms with Crippen molar-refractivity contribution in [2.24, 2.45) is 5.92 Å². The van der Waals surface area contributed by atoms with Crippen LogP contribution in [0.2, 0.25) is 0 Å². The van der Waals surface area contributed by atoms with E-state index in [1.54, 1.807) is 41.3 Å². The highest BCUT2D eigenvalue weighted by Gasteiger charge is 2.34. The number of nitrogens with one attached hydrogen (secondary N) is 3. The van der Waals surface area contributed by atoms with Gasteiger partial charge in [-0.2, -0.15) is 0 Å². The molecule has 2 atom stereocenters. The molecule has 1 saturated heterocycles. The highest BCUT2D eigenvalue weighted by molar-refractivity contribution is 5.99. The van der Waals surface area contributed by atoms with Crippen molar-refractivity contribution in [2.75, 3.05) is 38.2 Å². The standard InChI is InChI=1S/C35H36N4O8/c40-32-8-10-36-34(42)24-13-26(44-18-21-4-5-21)16-27(14-24)47-25-3-1-2-22(12-25)19-45-30-9-11-39(17-29(30)38-32)35(43)23-6-7-28-31(15-23)46-20-33(41)37-28/h1-3,6-7,12-16,21,29-30H,4-5,8-11,17-20H2,(H,36,42)(H,37,41)(H,38,40)/t29-,30+/m0/s1. The molecule has 4 bridgehead atoms. The number of hydrogen-bond acceptors (Lipinski definition) is 8. The summed E-state index contributed by atoms with van der Waals surface area (Å²) < 4.78 is 24.0. The fourth-order valence-corrected chi connectivity index (χ4v) is 5.90. The van der Waals surface area contributed by atoms with Gasteiger partial charge in [-0.15, -0.1) is 0 Å². The molecule has 7 rings (SSSR count). The van der Waals surface area contributed by atoms with Crippen LogP contribution in [0.15, 0.2) is 60.7 Å². The minimum absolute atomic E-state index is 0.0405. The van der Waals surface area contributed by atoms with Crippen LogP contribution in [0.4, 0.5) is 5.69 Å². The number of amides is 4. The van der Waals surface area contributed by atoms with Crippen molar-refractivity contribution in [3.63, 3.8) is 0 Å². The molecule has 3 aliphatic heterocycles. The molecule has 0 radical (unpaired) electrons. The van der Waals surface area contributed by atoms with Gasteiger partial charge >= 0.3 is 0 Å². The van der Waals surface area contributed by atoms with Gasteiger partial charge in [0, 0.05) is 43.2 Å². The van der Waals surface area contributed by atoms with Crippen LogP contribution in [-0.2, 0) is 20.9 Å². The zero-order valence-corrected chi connectivity index (χ0v) is 25.8. The maximum absolute atomic E-state index is 13.6. The third-order valence-electron chi connectivity index (χ3n) is 8.61. The largest absolute Gasteiger partial charge is 0.493 e. The molecule has 4 amide bonds. The lowest BCUT2D eigenvalue weighted by molar-refractivity contribution is -0.124. The molecule has 0 unspecified atom stereocenters. The maximum Gasteiger partial charge on any atom is 0.262 e. The van der Waals surface area contributed by atoms with Crippen LogP contribution in [-0.4, -0.2) is 73.5 Å². The van der Waals surface area contributed by atoms with Gasteiger partial charge in [0.05, 0.1) is 31.0 Å². The first-order valence-electron chi connectivity index (χ1n) is 16.0. The number of carbonyl (C=O) groups is 4. The number of rotatable bonds is 4. The minimum Gasteiger partial charge on any atom is -0.493 e. The van der Waals surface area contributed by atoms with Crippen molar-refractivity contribution >= 4 is 29.3 Å². The van der Waals surface area contributed by atoms with Crippen LogP contribution in [0, 0.1) is 5.92 Å². The Balaban J connectivity index is 1.08. The van der Waals surface area contributed by atoms with Crippen molar-refractivity contribution in [3.8, 4) is 23.0 Å². The summed E-state index contributed by atoms with van der Waals surface area (Å²) in [6.07, 6.45) is 2.46.